The lowest BCUT2D eigenvalue weighted by Crippen LogP contribution is -2.57. The molecule has 4 aliphatic rings. The molecule has 0 aromatic carbocycles. The van der Waals surface area contributed by atoms with Gasteiger partial charge in [-0.1, -0.05) is 15.9 Å². The molecule has 2 nitrogen and oxygen atoms in total. The van der Waals surface area contributed by atoms with Crippen LogP contribution >= 0.6 is 15.9 Å². The topological polar surface area (TPSA) is 29.1 Å². The van der Waals surface area contributed by atoms with E-state index < -0.39 is 4.32 Å². The normalized spacial score (nSPS) is 43.8. The van der Waals surface area contributed by atoms with Crippen LogP contribution in [0.4, 0.5) is 0 Å². The van der Waals surface area contributed by atoms with Crippen molar-refractivity contribution in [2.75, 3.05) is 0 Å². The van der Waals surface area contributed by atoms with Gasteiger partial charge < -0.3 is 5.32 Å². The van der Waals surface area contributed by atoms with Gasteiger partial charge in [0.15, 0.2) is 0 Å². The van der Waals surface area contributed by atoms with E-state index >= 15 is 0 Å². The summed E-state index contributed by atoms with van der Waals surface area (Å²) in [6.45, 7) is 3.86. The predicted octanol–water partition coefficient (Wildman–Crippen LogP) is 3.10. The van der Waals surface area contributed by atoms with Gasteiger partial charge in [0, 0.05) is 6.04 Å². The van der Waals surface area contributed by atoms with Crippen molar-refractivity contribution in [3.8, 4) is 0 Å². The van der Waals surface area contributed by atoms with Gasteiger partial charge in [0.1, 0.15) is 0 Å². The Balaban J connectivity index is 1.70. The molecule has 4 bridgehead atoms. The molecule has 96 valence electrons. The van der Waals surface area contributed by atoms with Gasteiger partial charge in [-0.15, -0.1) is 0 Å². The lowest BCUT2D eigenvalue weighted by molar-refractivity contribution is -0.126. The number of amides is 1. The molecular formula is C14H22BrNO. The van der Waals surface area contributed by atoms with Gasteiger partial charge in [-0.25, -0.2) is 0 Å². The van der Waals surface area contributed by atoms with E-state index in [1.54, 1.807) is 0 Å². The lowest BCUT2D eigenvalue weighted by atomic mass is 9.54. The van der Waals surface area contributed by atoms with Crippen LogP contribution in [0.3, 0.4) is 0 Å². The molecule has 0 aliphatic heterocycles. The molecule has 4 rings (SSSR count). The third-order valence-corrected chi connectivity index (χ3v) is 5.42. The molecule has 17 heavy (non-hydrogen) atoms. The number of hydrogen-bond acceptors (Lipinski definition) is 1. The van der Waals surface area contributed by atoms with Crippen LogP contribution in [0.2, 0.25) is 0 Å². The number of halogens is 1. The summed E-state index contributed by atoms with van der Waals surface area (Å²) in [5, 5.41) is 3.32. The first-order valence-corrected chi connectivity index (χ1v) is 7.72. The summed E-state index contributed by atoms with van der Waals surface area (Å²) in [4.78, 5) is 12.1. The van der Waals surface area contributed by atoms with Crippen molar-refractivity contribution in [2.24, 2.45) is 23.7 Å². The van der Waals surface area contributed by atoms with Gasteiger partial charge in [-0.3, -0.25) is 4.79 Å². The van der Waals surface area contributed by atoms with Crippen molar-refractivity contribution in [3.63, 3.8) is 0 Å². The maximum Gasteiger partial charge on any atom is 0.236 e. The highest BCUT2D eigenvalue weighted by Gasteiger charge is 2.49. The molecular weight excluding hydrogens is 278 g/mol. The summed E-state index contributed by atoms with van der Waals surface area (Å²) in [6, 6.07) is 0.465. The predicted molar refractivity (Wildman–Crippen MR) is 72.0 cm³/mol. The molecule has 0 atom stereocenters. The van der Waals surface area contributed by atoms with Gasteiger partial charge in [0.25, 0.3) is 0 Å². The minimum absolute atomic E-state index is 0.162. The molecule has 0 heterocycles. The summed E-state index contributed by atoms with van der Waals surface area (Å²) in [6.07, 6.45) is 6.92. The Morgan fingerprint density at radius 2 is 1.53 bits per heavy atom. The molecule has 0 saturated heterocycles. The van der Waals surface area contributed by atoms with E-state index in [9.17, 15) is 4.79 Å². The van der Waals surface area contributed by atoms with Crippen molar-refractivity contribution in [2.45, 2.75) is 56.3 Å². The van der Waals surface area contributed by atoms with Crippen LogP contribution in [0, 0.1) is 23.7 Å². The van der Waals surface area contributed by atoms with Crippen LogP contribution in [0.15, 0.2) is 0 Å². The summed E-state index contributed by atoms with van der Waals surface area (Å²) >= 11 is 3.46. The second-order valence-electron chi connectivity index (χ2n) is 6.90. The molecule has 0 aromatic heterocycles. The standard InChI is InChI=1S/C14H22BrNO/c1-14(2,15)13(17)16-12-10-4-8-3-9(6-10)7-11(12)5-8/h8-12H,3-7H2,1-2H3,(H,16,17). The fourth-order valence-electron chi connectivity index (χ4n) is 4.48. The van der Waals surface area contributed by atoms with Gasteiger partial charge >= 0.3 is 0 Å². The van der Waals surface area contributed by atoms with Gasteiger partial charge in [-0.2, -0.15) is 0 Å². The van der Waals surface area contributed by atoms with Crippen LogP contribution in [0.1, 0.15) is 46.0 Å². The summed E-state index contributed by atoms with van der Waals surface area (Å²) < 4.78 is -0.429. The third-order valence-electron chi connectivity index (χ3n) is 5.06. The number of hydrogen-bond donors (Lipinski definition) is 1. The first kappa shape index (κ1) is 12.0. The highest BCUT2D eigenvalue weighted by molar-refractivity contribution is 9.10. The smallest absolute Gasteiger partial charge is 0.236 e. The third kappa shape index (κ3) is 2.16. The monoisotopic (exact) mass is 299 g/mol. The second kappa shape index (κ2) is 3.97. The summed E-state index contributed by atoms with van der Waals surface area (Å²) in [5.41, 5.74) is 0. The molecule has 0 radical (unpaired) electrons. The van der Waals surface area contributed by atoms with E-state index in [0.29, 0.717) is 6.04 Å². The molecule has 0 aromatic rings. The quantitative estimate of drug-likeness (QED) is 0.780. The Bertz CT molecular complexity index is 306. The highest BCUT2D eigenvalue weighted by atomic mass is 79.9. The van der Waals surface area contributed by atoms with E-state index in [2.05, 4.69) is 21.2 Å². The Morgan fingerprint density at radius 3 is 1.94 bits per heavy atom. The fourth-order valence-corrected chi connectivity index (χ4v) is 4.60. The highest BCUT2D eigenvalue weighted by Crippen LogP contribution is 2.53. The minimum atomic E-state index is -0.429. The average Bonchev–Trinajstić information content (AvgIpc) is 2.20. The summed E-state index contributed by atoms with van der Waals surface area (Å²) in [7, 11) is 0. The summed E-state index contributed by atoms with van der Waals surface area (Å²) in [5.74, 6) is 3.65. The van der Waals surface area contributed by atoms with Crippen molar-refractivity contribution in [1.29, 1.82) is 0 Å². The zero-order valence-corrected chi connectivity index (χ0v) is 12.3. The number of carbonyl (C=O) groups is 1. The van der Waals surface area contributed by atoms with Crippen molar-refractivity contribution < 1.29 is 4.79 Å². The van der Waals surface area contributed by atoms with E-state index in [1.165, 1.54) is 32.1 Å². The molecule has 0 spiro atoms. The molecule has 0 unspecified atom stereocenters. The molecule has 3 heteroatoms. The van der Waals surface area contributed by atoms with Crippen LogP contribution in [0.25, 0.3) is 0 Å². The van der Waals surface area contributed by atoms with Crippen LogP contribution < -0.4 is 5.32 Å². The number of alkyl halides is 1. The van der Waals surface area contributed by atoms with Crippen LogP contribution in [0.5, 0.6) is 0 Å². The van der Waals surface area contributed by atoms with Crippen LogP contribution in [-0.2, 0) is 4.79 Å². The van der Waals surface area contributed by atoms with Crippen molar-refractivity contribution in [1.82, 2.24) is 5.32 Å². The average molecular weight is 300 g/mol. The first-order valence-electron chi connectivity index (χ1n) is 6.93. The number of nitrogens with one attached hydrogen (secondary N) is 1. The van der Waals surface area contributed by atoms with Crippen molar-refractivity contribution >= 4 is 21.8 Å². The van der Waals surface area contributed by atoms with E-state index in [1.807, 2.05) is 13.8 Å². The molecule has 1 N–H and O–H groups in total. The van der Waals surface area contributed by atoms with E-state index in [-0.39, 0.29) is 5.91 Å². The zero-order chi connectivity index (χ0) is 12.2. The van der Waals surface area contributed by atoms with Gasteiger partial charge in [-0.05, 0) is 69.6 Å². The lowest BCUT2D eigenvalue weighted by Gasteiger charge is -2.54. The largest absolute Gasteiger partial charge is 0.352 e. The van der Waals surface area contributed by atoms with Gasteiger partial charge in [0.2, 0.25) is 5.91 Å². The fraction of sp³-hybridized carbons (Fsp3) is 0.929. The maximum atomic E-state index is 12.1. The Hall–Kier alpha value is -0.0500. The number of carbonyl (C=O) groups excluding carboxylic acids is 1. The molecule has 4 fully saturated rings. The zero-order valence-electron chi connectivity index (χ0n) is 10.7. The Labute approximate surface area is 112 Å². The Morgan fingerprint density at radius 1 is 1.06 bits per heavy atom. The number of rotatable bonds is 2. The van der Waals surface area contributed by atoms with E-state index in [4.69, 9.17) is 0 Å². The van der Waals surface area contributed by atoms with Gasteiger partial charge in [0.05, 0.1) is 4.32 Å². The minimum Gasteiger partial charge on any atom is -0.352 e. The second-order valence-corrected chi connectivity index (χ2v) is 8.88. The molecule has 4 aliphatic carbocycles. The van der Waals surface area contributed by atoms with Crippen molar-refractivity contribution in [3.05, 3.63) is 0 Å². The SMILES string of the molecule is CC(C)(Br)C(=O)NC1C2CC3CC(C2)CC1C3. The van der Waals surface area contributed by atoms with Crippen LogP contribution in [-0.4, -0.2) is 16.3 Å². The van der Waals surface area contributed by atoms with E-state index in [0.717, 1.165) is 23.7 Å². The Kier molecular flexibility index (Phi) is 2.81. The molecule has 1 amide bonds. The maximum absolute atomic E-state index is 12.1. The first-order chi connectivity index (χ1) is 7.93. The molecule has 4 saturated carbocycles.